The zero-order chi connectivity index (χ0) is 10.1. The number of nitrogens with zero attached hydrogens (tertiary/aromatic N) is 1. The summed E-state index contributed by atoms with van der Waals surface area (Å²) in [6, 6.07) is 10.5. The predicted molar refractivity (Wildman–Crippen MR) is 57.1 cm³/mol. The molecule has 2 nitrogen and oxygen atoms in total. The first-order valence-corrected chi connectivity index (χ1v) is 4.47. The molecule has 0 heterocycles. The summed E-state index contributed by atoms with van der Waals surface area (Å²) in [4.78, 5) is 10.3. The average Bonchev–Trinajstić information content (AvgIpc) is 2.24. The standard InChI is InChI=1S/C10H15N.CH2O/c1-3-11(4-2)10-8-6-5-7-9-10;1-2/h5-9H,3-4H2,1-2H3;1H2. The van der Waals surface area contributed by atoms with Gasteiger partial charge in [0, 0.05) is 18.8 Å². The Morgan fingerprint density at radius 1 is 1.08 bits per heavy atom. The van der Waals surface area contributed by atoms with Crippen molar-refractivity contribution in [2.45, 2.75) is 13.8 Å². The number of anilines is 1. The van der Waals surface area contributed by atoms with E-state index in [2.05, 4.69) is 43.0 Å². The SMILES string of the molecule is C=O.CCN(CC)c1ccccc1. The van der Waals surface area contributed by atoms with Gasteiger partial charge in [-0.05, 0) is 26.0 Å². The first-order chi connectivity index (χ1) is 6.38. The molecule has 1 aromatic carbocycles. The number of carbonyl (C=O) groups is 1. The molecule has 0 unspecified atom stereocenters. The first-order valence-electron chi connectivity index (χ1n) is 4.47. The molecule has 0 aromatic heterocycles. The molecule has 0 aliphatic carbocycles. The van der Waals surface area contributed by atoms with Crippen molar-refractivity contribution in [3.8, 4) is 0 Å². The molecule has 2 heteroatoms. The van der Waals surface area contributed by atoms with Gasteiger partial charge in [-0.2, -0.15) is 0 Å². The third kappa shape index (κ3) is 3.74. The maximum atomic E-state index is 8.00. The van der Waals surface area contributed by atoms with E-state index in [1.54, 1.807) is 0 Å². The van der Waals surface area contributed by atoms with Crippen molar-refractivity contribution >= 4 is 12.5 Å². The second-order valence-corrected chi connectivity index (χ2v) is 2.51. The van der Waals surface area contributed by atoms with Crippen LogP contribution in [0.4, 0.5) is 5.69 Å². The molecule has 0 amide bonds. The number of carbonyl (C=O) groups excluding carboxylic acids is 1. The molecular formula is C11H17NO. The smallest absolute Gasteiger partial charge is 0.106 e. The number of hydrogen-bond acceptors (Lipinski definition) is 2. The van der Waals surface area contributed by atoms with Crippen molar-refractivity contribution in [1.29, 1.82) is 0 Å². The van der Waals surface area contributed by atoms with Crippen LogP contribution >= 0.6 is 0 Å². The topological polar surface area (TPSA) is 20.3 Å². The molecule has 13 heavy (non-hydrogen) atoms. The van der Waals surface area contributed by atoms with Gasteiger partial charge in [-0.25, -0.2) is 0 Å². The zero-order valence-corrected chi connectivity index (χ0v) is 8.36. The predicted octanol–water partition coefficient (Wildman–Crippen LogP) is 2.35. The van der Waals surface area contributed by atoms with E-state index in [0.29, 0.717) is 0 Å². The number of rotatable bonds is 3. The van der Waals surface area contributed by atoms with Crippen LogP contribution < -0.4 is 4.90 Å². The summed E-state index contributed by atoms with van der Waals surface area (Å²) in [5.74, 6) is 0. The molecule has 0 N–H and O–H groups in total. The van der Waals surface area contributed by atoms with Crippen molar-refractivity contribution in [2.75, 3.05) is 18.0 Å². The summed E-state index contributed by atoms with van der Waals surface area (Å²) >= 11 is 0. The molecular weight excluding hydrogens is 162 g/mol. The lowest BCUT2D eigenvalue weighted by Crippen LogP contribution is -2.21. The van der Waals surface area contributed by atoms with Gasteiger partial charge in [0.15, 0.2) is 0 Å². The van der Waals surface area contributed by atoms with Gasteiger partial charge >= 0.3 is 0 Å². The maximum absolute atomic E-state index is 8.00. The maximum Gasteiger partial charge on any atom is 0.106 e. The number of hydrogen-bond donors (Lipinski definition) is 0. The zero-order valence-electron chi connectivity index (χ0n) is 8.36. The molecule has 0 radical (unpaired) electrons. The van der Waals surface area contributed by atoms with Crippen molar-refractivity contribution in [2.24, 2.45) is 0 Å². The van der Waals surface area contributed by atoms with E-state index < -0.39 is 0 Å². The molecule has 0 aliphatic heterocycles. The van der Waals surface area contributed by atoms with Crippen LogP contribution in [-0.2, 0) is 4.79 Å². The van der Waals surface area contributed by atoms with Crippen LogP contribution in [0.25, 0.3) is 0 Å². The van der Waals surface area contributed by atoms with Crippen LogP contribution in [0.15, 0.2) is 30.3 Å². The Morgan fingerprint density at radius 2 is 1.54 bits per heavy atom. The largest absolute Gasteiger partial charge is 0.372 e. The van der Waals surface area contributed by atoms with Gasteiger partial charge in [0.1, 0.15) is 6.79 Å². The van der Waals surface area contributed by atoms with Gasteiger partial charge in [0.2, 0.25) is 0 Å². The number of benzene rings is 1. The molecule has 0 spiro atoms. The van der Waals surface area contributed by atoms with Gasteiger partial charge in [-0.1, -0.05) is 18.2 Å². The number of para-hydroxylation sites is 1. The highest BCUT2D eigenvalue weighted by Gasteiger charge is 1.97. The summed E-state index contributed by atoms with van der Waals surface area (Å²) < 4.78 is 0. The molecule has 0 saturated heterocycles. The molecule has 72 valence electrons. The fraction of sp³-hybridized carbons (Fsp3) is 0.364. The summed E-state index contributed by atoms with van der Waals surface area (Å²) in [6.07, 6.45) is 0. The van der Waals surface area contributed by atoms with E-state index in [4.69, 9.17) is 4.79 Å². The van der Waals surface area contributed by atoms with Crippen LogP contribution in [0.2, 0.25) is 0 Å². The molecule has 0 fully saturated rings. The Morgan fingerprint density at radius 3 is 1.92 bits per heavy atom. The fourth-order valence-electron chi connectivity index (χ4n) is 1.23. The van der Waals surface area contributed by atoms with Gasteiger partial charge < -0.3 is 9.69 Å². The van der Waals surface area contributed by atoms with Gasteiger partial charge in [0.05, 0.1) is 0 Å². The van der Waals surface area contributed by atoms with Gasteiger partial charge in [-0.15, -0.1) is 0 Å². The van der Waals surface area contributed by atoms with E-state index in [0.717, 1.165) is 13.1 Å². The van der Waals surface area contributed by atoms with E-state index in [1.807, 2.05) is 12.9 Å². The van der Waals surface area contributed by atoms with Crippen LogP contribution in [0.1, 0.15) is 13.8 Å². The third-order valence-electron chi connectivity index (χ3n) is 1.88. The minimum Gasteiger partial charge on any atom is -0.372 e. The van der Waals surface area contributed by atoms with Crippen molar-refractivity contribution in [3.05, 3.63) is 30.3 Å². The third-order valence-corrected chi connectivity index (χ3v) is 1.88. The van der Waals surface area contributed by atoms with E-state index in [9.17, 15) is 0 Å². The van der Waals surface area contributed by atoms with Crippen molar-refractivity contribution < 1.29 is 4.79 Å². The first kappa shape index (κ1) is 11.7. The minimum atomic E-state index is 1.08. The Kier molecular flexibility index (Phi) is 6.60. The lowest BCUT2D eigenvalue weighted by molar-refractivity contribution is -0.0979. The Bertz CT molecular complexity index is 207. The van der Waals surface area contributed by atoms with E-state index in [-0.39, 0.29) is 0 Å². The highest BCUT2D eigenvalue weighted by Crippen LogP contribution is 2.11. The Hall–Kier alpha value is -1.31. The van der Waals surface area contributed by atoms with Crippen LogP contribution in [-0.4, -0.2) is 19.9 Å². The second kappa shape index (κ2) is 7.35. The summed E-state index contributed by atoms with van der Waals surface area (Å²) in [6.45, 7) is 8.52. The summed E-state index contributed by atoms with van der Waals surface area (Å²) in [7, 11) is 0. The van der Waals surface area contributed by atoms with Gasteiger partial charge in [-0.3, -0.25) is 0 Å². The monoisotopic (exact) mass is 179 g/mol. The van der Waals surface area contributed by atoms with Crippen LogP contribution in [0.3, 0.4) is 0 Å². The minimum absolute atomic E-state index is 1.08. The second-order valence-electron chi connectivity index (χ2n) is 2.51. The van der Waals surface area contributed by atoms with Gasteiger partial charge in [0.25, 0.3) is 0 Å². The van der Waals surface area contributed by atoms with Crippen molar-refractivity contribution in [3.63, 3.8) is 0 Å². The van der Waals surface area contributed by atoms with E-state index in [1.165, 1.54) is 5.69 Å². The molecule has 1 aromatic rings. The molecule has 0 saturated carbocycles. The molecule has 0 atom stereocenters. The summed E-state index contributed by atoms with van der Waals surface area (Å²) in [5.41, 5.74) is 1.32. The Labute approximate surface area is 80.2 Å². The summed E-state index contributed by atoms with van der Waals surface area (Å²) in [5, 5.41) is 0. The van der Waals surface area contributed by atoms with Crippen molar-refractivity contribution in [1.82, 2.24) is 0 Å². The Balaban J connectivity index is 0.000000671. The quantitative estimate of drug-likeness (QED) is 0.710. The van der Waals surface area contributed by atoms with Crippen LogP contribution in [0, 0.1) is 0 Å². The highest BCUT2D eigenvalue weighted by molar-refractivity contribution is 5.45. The van der Waals surface area contributed by atoms with E-state index >= 15 is 0 Å². The highest BCUT2D eigenvalue weighted by atomic mass is 16.1. The lowest BCUT2D eigenvalue weighted by Gasteiger charge is -2.20. The molecule has 0 bridgehead atoms. The van der Waals surface area contributed by atoms with Crippen LogP contribution in [0.5, 0.6) is 0 Å². The lowest BCUT2D eigenvalue weighted by atomic mass is 10.3. The normalized spacial score (nSPS) is 8.46. The molecule has 1 rings (SSSR count). The molecule has 0 aliphatic rings. The average molecular weight is 179 g/mol. The fourth-order valence-corrected chi connectivity index (χ4v) is 1.23.